The normalized spacial score (nSPS) is 16.2. The molecule has 0 unspecified atom stereocenters. The zero-order valence-corrected chi connectivity index (χ0v) is 20.4. The average molecular weight is 474 g/mol. The van der Waals surface area contributed by atoms with Crippen LogP contribution in [0.5, 0.6) is 0 Å². The highest BCUT2D eigenvalue weighted by Gasteiger charge is 2.23. The van der Waals surface area contributed by atoms with Crippen LogP contribution in [0.2, 0.25) is 0 Å². The lowest BCUT2D eigenvalue weighted by Gasteiger charge is -2.31. The van der Waals surface area contributed by atoms with E-state index in [0.717, 1.165) is 32.4 Å². The van der Waals surface area contributed by atoms with E-state index in [1.807, 2.05) is 13.8 Å². The zero-order chi connectivity index (χ0) is 22.7. The second kappa shape index (κ2) is 9.82. The maximum Gasteiger partial charge on any atom is 0.244 e. The maximum atomic E-state index is 12.9. The number of rotatable bonds is 8. The van der Waals surface area contributed by atoms with Crippen LogP contribution >= 0.6 is 12.2 Å². The fourth-order valence-corrected chi connectivity index (χ4v) is 6.13. The van der Waals surface area contributed by atoms with Crippen LogP contribution in [-0.4, -0.2) is 58.0 Å². The molecule has 0 aliphatic carbocycles. The van der Waals surface area contributed by atoms with Gasteiger partial charge in [-0.3, -0.25) is 9.30 Å². The second-order valence-electron chi connectivity index (χ2n) is 8.36. The third-order valence-electron chi connectivity index (χ3n) is 6.30. The summed E-state index contributed by atoms with van der Waals surface area (Å²) in [5.74, 6) is 0.704. The number of hydrogen-bond donors (Lipinski definition) is 0. The Balaban J connectivity index is 1.45. The third kappa shape index (κ3) is 4.80. The molecule has 7 nitrogen and oxygen atoms in total. The number of aromatic nitrogens is 3. The molecule has 4 rings (SSSR count). The first-order valence-corrected chi connectivity index (χ1v) is 13.1. The van der Waals surface area contributed by atoms with E-state index in [-0.39, 0.29) is 4.90 Å². The van der Waals surface area contributed by atoms with E-state index in [0.29, 0.717) is 36.1 Å². The van der Waals surface area contributed by atoms with Crippen molar-refractivity contribution in [3.63, 3.8) is 0 Å². The summed E-state index contributed by atoms with van der Waals surface area (Å²) < 4.78 is 31.2. The van der Waals surface area contributed by atoms with Gasteiger partial charge in [0, 0.05) is 32.4 Å². The summed E-state index contributed by atoms with van der Waals surface area (Å²) >= 11 is 5.64. The monoisotopic (exact) mass is 473 g/mol. The first kappa shape index (κ1) is 23.1. The fraction of sp³-hybridized carbons (Fsp3) is 0.478. The fourth-order valence-electron chi connectivity index (χ4n) is 4.43. The van der Waals surface area contributed by atoms with Crippen LogP contribution < -0.4 is 0 Å². The number of benzene rings is 1. The van der Waals surface area contributed by atoms with Gasteiger partial charge < -0.3 is 0 Å². The standard InChI is InChI=1S/C23H31N5O2S2/c1-3-26(4-2)32(29,30)21-10-11-22-24-28(23(31)27(22)17-21)18-25-14-12-20(13-15-25)16-19-8-6-5-7-9-19/h5-11,17,20H,3-4,12-16,18H2,1-2H3. The van der Waals surface area contributed by atoms with Crippen molar-refractivity contribution in [1.82, 2.24) is 23.4 Å². The molecule has 0 amide bonds. The lowest BCUT2D eigenvalue weighted by Crippen LogP contribution is -2.36. The SMILES string of the molecule is CCN(CC)S(=O)(=O)c1ccc2nn(CN3CCC(Cc4ccccc4)CC3)c(=S)n2c1. The van der Waals surface area contributed by atoms with Crippen LogP contribution in [0.25, 0.3) is 5.65 Å². The molecule has 32 heavy (non-hydrogen) atoms. The van der Waals surface area contributed by atoms with Crippen LogP contribution in [0.3, 0.4) is 0 Å². The van der Waals surface area contributed by atoms with Crippen molar-refractivity contribution in [2.24, 2.45) is 5.92 Å². The highest BCUT2D eigenvalue weighted by atomic mass is 32.2. The van der Waals surface area contributed by atoms with Crippen LogP contribution in [0.4, 0.5) is 0 Å². The second-order valence-corrected chi connectivity index (χ2v) is 10.7. The molecule has 0 radical (unpaired) electrons. The molecule has 3 heterocycles. The summed E-state index contributed by atoms with van der Waals surface area (Å²) in [4.78, 5) is 2.61. The summed E-state index contributed by atoms with van der Waals surface area (Å²) in [5.41, 5.74) is 2.07. The van der Waals surface area contributed by atoms with E-state index in [1.54, 1.807) is 27.4 Å². The molecule has 0 spiro atoms. The predicted octanol–water partition coefficient (Wildman–Crippen LogP) is 3.81. The molecule has 0 N–H and O–H groups in total. The van der Waals surface area contributed by atoms with Crippen molar-refractivity contribution >= 4 is 27.9 Å². The van der Waals surface area contributed by atoms with Crippen molar-refractivity contribution in [2.75, 3.05) is 26.2 Å². The number of nitrogens with zero attached hydrogens (tertiary/aromatic N) is 5. The van der Waals surface area contributed by atoms with Crippen molar-refractivity contribution in [3.8, 4) is 0 Å². The van der Waals surface area contributed by atoms with Gasteiger partial charge in [-0.05, 0) is 55.1 Å². The van der Waals surface area contributed by atoms with Gasteiger partial charge >= 0.3 is 0 Å². The van der Waals surface area contributed by atoms with Gasteiger partial charge in [0.2, 0.25) is 14.8 Å². The Hall–Kier alpha value is -2.07. The topological polar surface area (TPSA) is 62.9 Å². The lowest BCUT2D eigenvalue weighted by molar-refractivity contribution is 0.140. The summed E-state index contributed by atoms with van der Waals surface area (Å²) in [5, 5.41) is 4.63. The van der Waals surface area contributed by atoms with Crippen molar-refractivity contribution in [3.05, 3.63) is 59.0 Å². The Bertz CT molecular complexity index is 1210. The largest absolute Gasteiger partial charge is 0.284 e. The molecular weight excluding hydrogens is 442 g/mol. The molecular formula is C23H31N5O2S2. The Morgan fingerprint density at radius 1 is 1.06 bits per heavy atom. The van der Waals surface area contributed by atoms with Gasteiger partial charge in [-0.25, -0.2) is 13.1 Å². The quantitative estimate of drug-likeness (QED) is 0.466. The highest BCUT2D eigenvalue weighted by Crippen LogP contribution is 2.22. The zero-order valence-electron chi connectivity index (χ0n) is 18.7. The minimum absolute atomic E-state index is 0.242. The summed E-state index contributed by atoms with van der Waals surface area (Å²) in [6, 6.07) is 14.0. The number of piperidine rings is 1. The smallest absolute Gasteiger partial charge is 0.244 e. The molecule has 3 aromatic rings. The molecule has 2 aromatic heterocycles. The van der Waals surface area contributed by atoms with E-state index >= 15 is 0 Å². The number of sulfonamides is 1. The molecule has 0 atom stereocenters. The average Bonchev–Trinajstić information content (AvgIpc) is 3.11. The van der Waals surface area contributed by atoms with Gasteiger partial charge in [-0.2, -0.15) is 9.40 Å². The molecule has 0 bridgehead atoms. The van der Waals surface area contributed by atoms with E-state index < -0.39 is 10.0 Å². The molecule has 172 valence electrons. The minimum atomic E-state index is -3.54. The highest BCUT2D eigenvalue weighted by molar-refractivity contribution is 7.89. The molecule has 1 aliphatic rings. The first-order valence-electron chi connectivity index (χ1n) is 11.3. The van der Waals surface area contributed by atoms with Gasteiger partial charge in [0.05, 0.1) is 11.6 Å². The molecule has 1 aromatic carbocycles. The van der Waals surface area contributed by atoms with E-state index in [2.05, 4.69) is 40.3 Å². The number of fused-ring (bicyclic) bond motifs is 1. The van der Waals surface area contributed by atoms with Crippen molar-refractivity contribution in [1.29, 1.82) is 0 Å². The Labute approximate surface area is 195 Å². The van der Waals surface area contributed by atoms with Crippen LogP contribution in [0.15, 0.2) is 53.6 Å². The molecule has 1 saturated heterocycles. The summed E-state index contributed by atoms with van der Waals surface area (Å²) in [7, 11) is -3.54. The van der Waals surface area contributed by atoms with Crippen LogP contribution in [0.1, 0.15) is 32.3 Å². The van der Waals surface area contributed by atoms with Crippen molar-refractivity contribution in [2.45, 2.75) is 44.7 Å². The number of likely N-dealkylation sites (tertiary alicyclic amines) is 1. The minimum Gasteiger partial charge on any atom is -0.284 e. The van der Waals surface area contributed by atoms with E-state index in [9.17, 15) is 8.42 Å². The third-order valence-corrected chi connectivity index (χ3v) is 8.74. The Kier molecular flexibility index (Phi) is 7.09. The Morgan fingerprint density at radius 2 is 1.75 bits per heavy atom. The van der Waals surface area contributed by atoms with Crippen LogP contribution in [0, 0.1) is 10.7 Å². The molecule has 1 fully saturated rings. The lowest BCUT2D eigenvalue weighted by atomic mass is 9.90. The Morgan fingerprint density at radius 3 is 2.41 bits per heavy atom. The first-order chi connectivity index (χ1) is 15.4. The molecule has 1 aliphatic heterocycles. The predicted molar refractivity (Wildman–Crippen MR) is 129 cm³/mol. The summed E-state index contributed by atoms with van der Waals surface area (Å²) in [6.45, 7) is 7.18. The molecule has 9 heteroatoms. The van der Waals surface area contributed by atoms with Gasteiger partial charge in [0.15, 0.2) is 5.65 Å². The van der Waals surface area contributed by atoms with E-state index in [1.165, 1.54) is 9.87 Å². The molecule has 0 saturated carbocycles. The number of hydrogen-bond acceptors (Lipinski definition) is 5. The van der Waals surface area contributed by atoms with Crippen molar-refractivity contribution < 1.29 is 8.42 Å². The van der Waals surface area contributed by atoms with Gasteiger partial charge in [0.25, 0.3) is 0 Å². The van der Waals surface area contributed by atoms with Gasteiger partial charge in [-0.15, -0.1) is 0 Å². The number of pyridine rings is 1. The summed E-state index contributed by atoms with van der Waals surface area (Å²) in [6.07, 6.45) is 5.04. The van der Waals surface area contributed by atoms with E-state index in [4.69, 9.17) is 12.2 Å². The van der Waals surface area contributed by atoms with Crippen LogP contribution in [-0.2, 0) is 23.1 Å². The van der Waals surface area contributed by atoms with Gasteiger partial charge in [0.1, 0.15) is 0 Å². The maximum absolute atomic E-state index is 12.9. The van der Waals surface area contributed by atoms with Gasteiger partial charge in [-0.1, -0.05) is 44.2 Å².